The molecule has 8 nitrogen and oxygen atoms in total. The number of amides is 3. The Morgan fingerprint density at radius 1 is 1.19 bits per heavy atom. The van der Waals surface area contributed by atoms with E-state index in [2.05, 4.69) is 9.97 Å². The molecule has 0 aliphatic heterocycles. The van der Waals surface area contributed by atoms with E-state index in [4.69, 9.17) is 0 Å². The monoisotopic (exact) mass is 451 g/mol. The number of rotatable bonds is 5. The number of pyridine rings is 1. The Labute approximate surface area is 177 Å². The minimum Gasteiger partial charge on any atom is -0.329 e. The van der Waals surface area contributed by atoms with E-state index >= 15 is 0 Å². The first-order valence-corrected chi connectivity index (χ1v) is 9.84. The maximum atomic E-state index is 13.1. The number of hydrogen-bond donors (Lipinski definition) is 2. The molecular formula is C19H16F3N5O3S. The molecule has 3 rings (SSSR count). The predicted octanol–water partition coefficient (Wildman–Crippen LogP) is 2.57. The summed E-state index contributed by atoms with van der Waals surface area (Å²) in [6.45, 7) is 0.259. The molecule has 0 aliphatic carbocycles. The maximum Gasteiger partial charge on any atom is 0.405 e. The van der Waals surface area contributed by atoms with Gasteiger partial charge in [0.25, 0.3) is 5.56 Å². The number of thioether (sulfide) groups is 1. The fourth-order valence-corrected chi connectivity index (χ4v) is 3.37. The van der Waals surface area contributed by atoms with E-state index in [0.29, 0.717) is 16.7 Å². The first kappa shape index (κ1) is 22.3. The second-order valence-corrected chi connectivity index (χ2v) is 7.32. The Morgan fingerprint density at radius 3 is 2.65 bits per heavy atom. The largest absolute Gasteiger partial charge is 0.405 e. The topological polar surface area (TPSA) is 106 Å². The lowest BCUT2D eigenvalue weighted by molar-refractivity contribution is -0.124. The fraction of sp³-hybridized carbons (Fsp3) is 0.211. The second-order valence-electron chi connectivity index (χ2n) is 6.38. The van der Waals surface area contributed by atoms with E-state index < -0.39 is 30.2 Å². The zero-order chi connectivity index (χ0) is 22.6. The molecule has 2 heterocycles. The highest BCUT2D eigenvalue weighted by Crippen LogP contribution is 2.20. The van der Waals surface area contributed by atoms with Gasteiger partial charge >= 0.3 is 12.2 Å². The highest BCUT2D eigenvalue weighted by atomic mass is 32.2. The van der Waals surface area contributed by atoms with Crippen molar-refractivity contribution in [1.82, 2.24) is 25.2 Å². The van der Waals surface area contributed by atoms with Crippen molar-refractivity contribution in [2.24, 2.45) is 0 Å². The molecule has 2 N–H and O–H groups in total. The lowest BCUT2D eigenvalue weighted by Gasteiger charge is -2.13. The summed E-state index contributed by atoms with van der Waals surface area (Å²) in [5.74, 6) is -0.916. The average molecular weight is 451 g/mol. The van der Waals surface area contributed by atoms with Gasteiger partial charge < -0.3 is 5.32 Å². The van der Waals surface area contributed by atoms with Gasteiger partial charge in [0.2, 0.25) is 5.91 Å². The first-order valence-electron chi connectivity index (χ1n) is 8.86. The first-order chi connectivity index (χ1) is 14.6. The Balaban J connectivity index is 1.84. The molecule has 2 aromatic heterocycles. The number of aromatic nitrogens is 3. The summed E-state index contributed by atoms with van der Waals surface area (Å²) in [7, 11) is 0. The van der Waals surface area contributed by atoms with Crippen LogP contribution in [0.1, 0.15) is 5.56 Å². The highest BCUT2D eigenvalue weighted by Gasteiger charge is 2.28. The number of carbonyl (C=O) groups excluding carboxylic acids is 2. The van der Waals surface area contributed by atoms with Crippen molar-refractivity contribution in [3.05, 3.63) is 58.5 Å². The molecule has 3 aromatic rings. The molecule has 1 aromatic carbocycles. The second kappa shape index (κ2) is 9.16. The molecule has 0 saturated carbocycles. The SMILES string of the molecule is Cc1ccnc(-n2c(SCC(=O)NC(=O)NCC(F)(F)F)nc3ccccc3c2=O)c1. The van der Waals surface area contributed by atoms with Crippen molar-refractivity contribution in [1.29, 1.82) is 0 Å². The van der Waals surface area contributed by atoms with Crippen LogP contribution in [-0.4, -0.2) is 44.9 Å². The lowest BCUT2D eigenvalue weighted by Crippen LogP contribution is -2.44. The number of fused-ring (bicyclic) bond motifs is 1. The van der Waals surface area contributed by atoms with Crippen LogP contribution in [0.2, 0.25) is 0 Å². The quantitative estimate of drug-likeness (QED) is 0.456. The van der Waals surface area contributed by atoms with Crippen molar-refractivity contribution in [2.45, 2.75) is 18.3 Å². The molecule has 0 atom stereocenters. The van der Waals surface area contributed by atoms with Crippen LogP contribution in [0.25, 0.3) is 16.7 Å². The van der Waals surface area contributed by atoms with Gasteiger partial charge in [-0.3, -0.25) is 14.9 Å². The van der Waals surface area contributed by atoms with Gasteiger partial charge in [-0.15, -0.1) is 0 Å². The van der Waals surface area contributed by atoms with Crippen LogP contribution in [0.4, 0.5) is 18.0 Å². The Kier molecular flexibility index (Phi) is 6.59. The van der Waals surface area contributed by atoms with Gasteiger partial charge in [0.1, 0.15) is 12.4 Å². The minimum absolute atomic E-state index is 0.146. The normalized spacial score (nSPS) is 11.4. The van der Waals surface area contributed by atoms with Crippen molar-refractivity contribution >= 4 is 34.6 Å². The summed E-state index contributed by atoms with van der Waals surface area (Å²) >= 11 is 0.848. The molecule has 0 saturated heterocycles. The number of urea groups is 1. The van der Waals surface area contributed by atoms with Crippen molar-refractivity contribution in [3.8, 4) is 5.82 Å². The van der Waals surface area contributed by atoms with E-state index in [0.717, 1.165) is 17.3 Å². The molecule has 162 valence electrons. The number of nitrogens with one attached hydrogen (secondary N) is 2. The van der Waals surface area contributed by atoms with Crippen LogP contribution in [-0.2, 0) is 4.79 Å². The van der Waals surface area contributed by atoms with Gasteiger partial charge in [-0.05, 0) is 36.8 Å². The van der Waals surface area contributed by atoms with Crippen LogP contribution in [0.15, 0.2) is 52.5 Å². The molecule has 0 spiro atoms. The summed E-state index contributed by atoms with van der Waals surface area (Å²) in [5, 5.41) is 3.84. The number of benzene rings is 1. The molecule has 0 bridgehead atoms. The zero-order valence-corrected chi connectivity index (χ0v) is 16.9. The lowest BCUT2D eigenvalue weighted by atomic mass is 10.2. The number of imide groups is 1. The van der Waals surface area contributed by atoms with Gasteiger partial charge in [0.15, 0.2) is 5.16 Å². The third kappa shape index (κ3) is 5.81. The number of aryl methyl sites for hydroxylation is 1. The average Bonchev–Trinajstić information content (AvgIpc) is 2.70. The van der Waals surface area contributed by atoms with Crippen LogP contribution in [0.3, 0.4) is 0 Å². The summed E-state index contributed by atoms with van der Waals surface area (Å²) in [6.07, 6.45) is -3.07. The fourth-order valence-electron chi connectivity index (χ4n) is 2.57. The van der Waals surface area contributed by atoms with Crippen molar-refractivity contribution in [2.75, 3.05) is 12.3 Å². The van der Waals surface area contributed by atoms with Crippen molar-refractivity contribution in [3.63, 3.8) is 0 Å². The van der Waals surface area contributed by atoms with Gasteiger partial charge in [0, 0.05) is 6.20 Å². The summed E-state index contributed by atoms with van der Waals surface area (Å²) in [6, 6.07) is 8.81. The number of halogens is 3. The summed E-state index contributed by atoms with van der Waals surface area (Å²) in [4.78, 5) is 45.1. The van der Waals surface area contributed by atoms with Crippen LogP contribution < -0.4 is 16.2 Å². The predicted molar refractivity (Wildman–Crippen MR) is 108 cm³/mol. The molecule has 0 unspecified atom stereocenters. The number of carbonyl (C=O) groups is 2. The van der Waals surface area contributed by atoms with Gasteiger partial charge in [-0.2, -0.15) is 13.2 Å². The number of nitrogens with zero attached hydrogens (tertiary/aromatic N) is 3. The Morgan fingerprint density at radius 2 is 1.94 bits per heavy atom. The summed E-state index contributed by atoms with van der Waals surface area (Å²) in [5.41, 5.74) is 0.858. The van der Waals surface area contributed by atoms with Crippen molar-refractivity contribution < 1.29 is 22.8 Å². The third-order valence-corrected chi connectivity index (χ3v) is 4.85. The van der Waals surface area contributed by atoms with Crippen LogP contribution in [0, 0.1) is 6.92 Å². The third-order valence-electron chi connectivity index (χ3n) is 3.91. The molecule has 12 heteroatoms. The molecule has 0 aliphatic rings. The molecular weight excluding hydrogens is 435 g/mol. The van der Waals surface area contributed by atoms with E-state index in [9.17, 15) is 27.6 Å². The standard InChI is InChI=1S/C19H16F3N5O3S/c1-11-6-7-23-14(8-11)27-16(29)12-4-2-3-5-13(12)25-18(27)31-9-15(28)26-17(30)24-10-19(20,21)22/h2-8H,9-10H2,1H3,(H2,24,26,28,30). The maximum absolute atomic E-state index is 13.1. The Bertz CT molecular complexity index is 1200. The Hall–Kier alpha value is -3.41. The van der Waals surface area contributed by atoms with E-state index in [1.807, 2.05) is 6.92 Å². The van der Waals surface area contributed by atoms with Crippen LogP contribution >= 0.6 is 11.8 Å². The van der Waals surface area contributed by atoms with Gasteiger partial charge in [-0.25, -0.2) is 19.3 Å². The molecule has 0 radical (unpaired) electrons. The van der Waals surface area contributed by atoms with E-state index in [1.54, 1.807) is 47.0 Å². The highest BCUT2D eigenvalue weighted by molar-refractivity contribution is 7.99. The van der Waals surface area contributed by atoms with E-state index in [1.165, 1.54) is 10.8 Å². The smallest absolute Gasteiger partial charge is 0.329 e. The zero-order valence-electron chi connectivity index (χ0n) is 16.1. The number of alkyl halides is 3. The number of para-hydroxylation sites is 1. The summed E-state index contributed by atoms with van der Waals surface area (Å²) < 4.78 is 37.7. The van der Waals surface area contributed by atoms with Gasteiger partial charge in [0.05, 0.1) is 16.7 Å². The van der Waals surface area contributed by atoms with Crippen LogP contribution in [0.5, 0.6) is 0 Å². The number of hydrogen-bond acceptors (Lipinski definition) is 6. The van der Waals surface area contributed by atoms with E-state index in [-0.39, 0.29) is 10.9 Å². The molecule has 3 amide bonds. The minimum atomic E-state index is -4.60. The molecule has 0 fully saturated rings. The van der Waals surface area contributed by atoms with Gasteiger partial charge in [-0.1, -0.05) is 23.9 Å². The molecule has 31 heavy (non-hydrogen) atoms.